The van der Waals surface area contributed by atoms with Crippen LogP contribution in [0.2, 0.25) is 0 Å². The predicted octanol–water partition coefficient (Wildman–Crippen LogP) is 3.21. The first-order valence-electron chi connectivity index (χ1n) is 6.62. The van der Waals surface area contributed by atoms with Gasteiger partial charge in [-0.05, 0) is 37.0 Å². The fraction of sp³-hybridized carbons (Fsp3) is 0.571. The number of hydrogen-bond donors (Lipinski definition) is 2. The molecule has 1 aromatic rings. The van der Waals surface area contributed by atoms with Crippen molar-refractivity contribution in [3.8, 4) is 0 Å². The molecule has 2 nitrogen and oxygen atoms in total. The van der Waals surface area contributed by atoms with Gasteiger partial charge in [0, 0.05) is 24.3 Å². The van der Waals surface area contributed by atoms with Crippen LogP contribution in [0, 0.1) is 5.82 Å². The zero-order valence-electron chi connectivity index (χ0n) is 10.0. The summed E-state index contributed by atoms with van der Waals surface area (Å²) in [5, 5.41) is 7.01. The van der Waals surface area contributed by atoms with Gasteiger partial charge in [-0.3, -0.25) is 0 Å². The smallest absolute Gasteiger partial charge is 0.125 e. The SMILES string of the molecule is Fc1ccc2c(c1)NCCC2NC1CCCC1. The standard InChI is InChI=1S/C14H19FN2/c15-10-5-6-12-13(7-8-16-14(12)9-10)17-11-3-1-2-4-11/h5-6,9,11,13,16-17H,1-4,7-8H2. The Hall–Kier alpha value is -1.09. The number of rotatable bonds is 2. The summed E-state index contributed by atoms with van der Waals surface area (Å²) in [6.45, 7) is 0.931. The molecule has 1 atom stereocenters. The number of hydrogen-bond acceptors (Lipinski definition) is 2. The molecular weight excluding hydrogens is 215 g/mol. The van der Waals surface area contributed by atoms with Gasteiger partial charge >= 0.3 is 0 Å². The van der Waals surface area contributed by atoms with Crippen molar-refractivity contribution in [1.82, 2.24) is 5.32 Å². The Kier molecular flexibility index (Phi) is 3.02. The third-order valence-corrected chi connectivity index (χ3v) is 3.93. The Morgan fingerprint density at radius 1 is 1.18 bits per heavy atom. The molecule has 1 aromatic carbocycles. The zero-order chi connectivity index (χ0) is 11.7. The van der Waals surface area contributed by atoms with Gasteiger partial charge in [0.25, 0.3) is 0 Å². The molecule has 17 heavy (non-hydrogen) atoms. The van der Waals surface area contributed by atoms with Gasteiger partial charge in [-0.2, -0.15) is 0 Å². The number of benzene rings is 1. The Labute approximate surface area is 102 Å². The van der Waals surface area contributed by atoms with Gasteiger partial charge in [-0.1, -0.05) is 18.9 Å². The maximum absolute atomic E-state index is 13.2. The fourth-order valence-electron chi connectivity index (χ4n) is 3.04. The zero-order valence-corrected chi connectivity index (χ0v) is 10.0. The summed E-state index contributed by atoms with van der Waals surface area (Å²) in [5.41, 5.74) is 2.19. The topological polar surface area (TPSA) is 24.1 Å². The van der Waals surface area contributed by atoms with Crippen molar-refractivity contribution < 1.29 is 4.39 Å². The van der Waals surface area contributed by atoms with E-state index in [1.807, 2.05) is 6.07 Å². The van der Waals surface area contributed by atoms with E-state index in [-0.39, 0.29) is 5.82 Å². The van der Waals surface area contributed by atoms with Crippen molar-refractivity contribution in [2.45, 2.75) is 44.2 Å². The van der Waals surface area contributed by atoms with Gasteiger partial charge in [-0.15, -0.1) is 0 Å². The van der Waals surface area contributed by atoms with Gasteiger partial charge in [0.1, 0.15) is 5.82 Å². The summed E-state index contributed by atoms with van der Waals surface area (Å²) in [6, 6.07) is 6.15. The van der Waals surface area contributed by atoms with Crippen molar-refractivity contribution in [2.24, 2.45) is 0 Å². The minimum absolute atomic E-state index is 0.155. The third kappa shape index (κ3) is 2.29. The Morgan fingerprint density at radius 2 is 2.00 bits per heavy atom. The molecule has 2 N–H and O–H groups in total. The molecule has 0 spiro atoms. The lowest BCUT2D eigenvalue weighted by Crippen LogP contribution is -2.34. The van der Waals surface area contributed by atoms with Crippen LogP contribution >= 0.6 is 0 Å². The van der Waals surface area contributed by atoms with Crippen LogP contribution < -0.4 is 10.6 Å². The average Bonchev–Trinajstić information content (AvgIpc) is 2.82. The molecular formula is C14H19FN2. The van der Waals surface area contributed by atoms with Crippen molar-refractivity contribution >= 4 is 5.69 Å². The Balaban J connectivity index is 1.78. The molecule has 0 radical (unpaired) electrons. The number of fused-ring (bicyclic) bond motifs is 1. The van der Waals surface area contributed by atoms with Crippen molar-refractivity contribution in [3.05, 3.63) is 29.6 Å². The number of nitrogens with one attached hydrogen (secondary N) is 2. The lowest BCUT2D eigenvalue weighted by molar-refractivity contribution is 0.420. The minimum atomic E-state index is -0.155. The van der Waals surface area contributed by atoms with Gasteiger partial charge in [0.2, 0.25) is 0 Å². The molecule has 0 bridgehead atoms. The second-order valence-electron chi connectivity index (χ2n) is 5.15. The highest BCUT2D eigenvalue weighted by molar-refractivity contribution is 5.54. The normalized spacial score (nSPS) is 24.4. The second-order valence-corrected chi connectivity index (χ2v) is 5.15. The van der Waals surface area contributed by atoms with Crippen LogP contribution in [-0.2, 0) is 0 Å². The van der Waals surface area contributed by atoms with Crippen LogP contribution in [0.3, 0.4) is 0 Å². The first-order valence-corrected chi connectivity index (χ1v) is 6.62. The quantitative estimate of drug-likeness (QED) is 0.821. The summed E-state index contributed by atoms with van der Waals surface area (Å²) < 4.78 is 13.2. The van der Waals surface area contributed by atoms with E-state index in [2.05, 4.69) is 10.6 Å². The second kappa shape index (κ2) is 4.65. The highest BCUT2D eigenvalue weighted by Crippen LogP contribution is 2.32. The molecule has 2 aliphatic rings. The fourth-order valence-corrected chi connectivity index (χ4v) is 3.04. The third-order valence-electron chi connectivity index (χ3n) is 3.93. The van der Waals surface area contributed by atoms with E-state index in [4.69, 9.17) is 0 Å². The molecule has 3 rings (SSSR count). The minimum Gasteiger partial charge on any atom is -0.385 e. The summed E-state index contributed by atoms with van der Waals surface area (Å²) in [4.78, 5) is 0. The summed E-state index contributed by atoms with van der Waals surface area (Å²) in [7, 11) is 0. The monoisotopic (exact) mass is 234 g/mol. The van der Waals surface area contributed by atoms with E-state index in [1.54, 1.807) is 12.1 Å². The van der Waals surface area contributed by atoms with E-state index in [0.29, 0.717) is 12.1 Å². The first-order chi connectivity index (χ1) is 8.33. The molecule has 1 aliphatic heterocycles. The molecule has 0 aromatic heterocycles. The maximum atomic E-state index is 13.2. The summed E-state index contributed by atoms with van der Waals surface area (Å²) in [5.74, 6) is -0.155. The first kappa shape index (κ1) is 11.0. The number of halogens is 1. The molecule has 3 heteroatoms. The molecule has 92 valence electrons. The lowest BCUT2D eigenvalue weighted by atomic mass is 9.97. The summed E-state index contributed by atoms with van der Waals surface area (Å²) >= 11 is 0. The van der Waals surface area contributed by atoms with E-state index in [1.165, 1.54) is 31.2 Å². The molecule has 0 amide bonds. The molecule has 1 saturated carbocycles. The number of anilines is 1. The van der Waals surface area contributed by atoms with Gasteiger partial charge < -0.3 is 10.6 Å². The van der Waals surface area contributed by atoms with Crippen LogP contribution in [0.25, 0.3) is 0 Å². The lowest BCUT2D eigenvalue weighted by Gasteiger charge is -2.30. The molecule has 1 aliphatic carbocycles. The van der Waals surface area contributed by atoms with Gasteiger partial charge in [0.05, 0.1) is 0 Å². The van der Waals surface area contributed by atoms with Crippen LogP contribution in [0.4, 0.5) is 10.1 Å². The molecule has 1 heterocycles. The highest BCUT2D eigenvalue weighted by atomic mass is 19.1. The van der Waals surface area contributed by atoms with Gasteiger partial charge in [-0.25, -0.2) is 4.39 Å². The Morgan fingerprint density at radius 3 is 2.82 bits per heavy atom. The van der Waals surface area contributed by atoms with E-state index in [0.717, 1.165) is 18.7 Å². The van der Waals surface area contributed by atoms with Crippen molar-refractivity contribution in [1.29, 1.82) is 0 Å². The van der Waals surface area contributed by atoms with Crippen LogP contribution in [0.15, 0.2) is 18.2 Å². The molecule has 1 unspecified atom stereocenters. The molecule has 1 fully saturated rings. The summed E-state index contributed by atoms with van der Waals surface area (Å²) in [6.07, 6.45) is 6.37. The molecule has 0 saturated heterocycles. The Bertz CT molecular complexity index is 399. The van der Waals surface area contributed by atoms with E-state index < -0.39 is 0 Å². The maximum Gasteiger partial charge on any atom is 0.125 e. The van der Waals surface area contributed by atoms with Crippen molar-refractivity contribution in [2.75, 3.05) is 11.9 Å². The largest absolute Gasteiger partial charge is 0.385 e. The van der Waals surface area contributed by atoms with Crippen LogP contribution in [-0.4, -0.2) is 12.6 Å². The van der Waals surface area contributed by atoms with E-state index >= 15 is 0 Å². The van der Waals surface area contributed by atoms with Crippen LogP contribution in [0.1, 0.15) is 43.7 Å². The average molecular weight is 234 g/mol. The van der Waals surface area contributed by atoms with E-state index in [9.17, 15) is 4.39 Å². The van der Waals surface area contributed by atoms with Crippen molar-refractivity contribution in [3.63, 3.8) is 0 Å². The highest BCUT2D eigenvalue weighted by Gasteiger charge is 2.24. The predicted molar refractivity (Wildman–Crippen MR) is 67.6 cm³/mol. The van der Waals surface area contributed by atoms with Crippen LogP contribution in [0.5, 0.6) is 0 Å². The van der Waals surface area contributed by atoms with Gasteiger partial charge in [0.15, 0.2) is 0 Å².